The van der Waals surface area contributed by atoms with E-state index in [1.165, 1.54) is 0 Å². The second kappa shape index (κ2) is 9.00. The normalized spacial score (nSPS) is 11.2. The van der Waals surface area contributed by atoms with E-state index in [9.17, 15) is 0 Å². The van der Waals surface area contributed by atoms with Crippen LogP contribution in [0, 0.1) is 0 Å². The van der Waals surface area contributed by atoms with Crippen molar-refractivity contribution < 1.29 is 0 Å². The SMILES string of the molecule is c1ccc(-c2nc(-c3ccccc3)nc(-c3ccc4ccc5sc(-c6ccccn6)nc5c4c3)n2)cc1. The van der Waals surface area contributed by atoms with Gasteiger partial charge in [0.1, 0.15) is 5.01 Å². The molecule has 0 saturated heterocycles. The lowest BCUT2D eigenvalue weighted by Crippen LogP contribution is -2.00. The number of rotatable bonds is 4. The monoisotopic (exact) mass is 493 g/mol. The van der Waals surface area contributed by atoms with Gasteiger partial charge in [-0.3, -0.25) is 4.98 Å². The van der Waals surface area contributed by atoms with Crippen molar-refractivity contribution in [2.45, 2.75) is 0 Å². The van der Waals surface area contributed by atoms with Gasteiger partial charge >= 0.3 is 0 Å². The zero-order valence-corrected chi connectivity index (χ0v) is 20.4. The molecule has 4 aromatic carbocycles. The molecule has 0 amide bonds. The predicted molar refractivity (Wildman–Crippen MR) is 150 cm³/mol. The first-order valence-corrected chi connectivity index (χ1v) is 12.8. The molecule has 37 heavy (non-hydrogen) atoms. The lowest BCUT2D eigenvalue weighted by Gasteiger charge is -2.09. The van der Waals surface area contributed by atoms with E-state index in [1.54, 1.807) is 17.5 Å². The quantitative estimate of drug-likeness (QED) is 0.251. The Morgan fingerprint density at radius 3 is 1.78 bits per heavy atom. The summed E-state index contributed by atoms with van der Waals surface area (Å²) in [6.07, 6.45) is 1.80. The number of hydrogen-bond acceptors (Lipinski definition) is 6. The van der Waals surface area contributed by atoms with Gasteiger partial charge < -0.3 is 0 Å². The lowest BCUT2D eigenvalue weighted by atomic mass is 10.1. The lowest BCUT2D eigenvalue weighted by molar-refractivity contribution is 1.07. The number of pyridine rings is 1. The molecule has 0 spiro atoms. The minimum atomic E-state index is 0.631. The molecule has 3 heterocycles. The molecule has 0 unspecified atom stereocenters. The van der Waals surface area contributed by atoms with Crippen molar-refractivity contribution in [3.05, 3.63) is 115 Å². The van der Waals surface area contributed by atoms with Crippen LogP contribution in [0.2, 0.25) is 0 Å². The molecule has 0 bridgehead atoms. The van der Waals surface area contributed by atoms with Crippen molar-refractivity contribution in [1.29, 1.82) is 0 Å². The molecule has 0 aliphatic carbocycles. The summed E-state index contributed by atoms with van der Waals surface area (Å²) in [4.78, 5) is 24.1. The summed E-state index contributed by atoms with van der Waals surface area (Å²) in [6.45, 7) is 0. The van der Waals surface area contributed by atoms with E-state index in [0.717, 1.165) is 48.4 Å². The van der Waals surface area contributed by atoms with E-state index in [4.69, 9.17) is 19.9 Å². The van der Waals surface area contributed by atoms with Crippen LogP contribution in [0.3, 0.4) is 0 Å². The maximum absolute atomic E-state index is 4.98. The Morgan fingerprint density at radius 1 is 0.514 bits per heavy atom. The Hall–Kier alpha value is -4.81. The van der Waals surface area contributed by atoms with Crippen molar-refractivity contribution in [1.82, 2.24) is 24.9 Å². The summed E-state index contributed by atoms with van der Waals surface area (Å²) >= 11 is 1.65. The average Bonchev–Trinajstić information content (AvgIpc) is 3.43. The largest absolute Gasteiger partial charge is 0.254 e. The summed E-state index contributed by atoms with van der Waals surface area (Å²) in [5, 5.41) is 3.09. The molecule has 0 radical (unpaired) electrons. The summed E-state index contributed by atoms with van der Waals surface area (Å²) in [5.74, 6) is 1.93. The first-order valence-electron chi connectivity index (χ1n) is 11.9. The van der Waals surface area contributed by atoms with Crippen molar-refractivity contribution >= 4 is 32.3 Å². The van der Waals surface area contributed by atoms with Crippen LogP contribution in [-0.2, 0) is 0 Å². The molecule has 5 nitrogen and oxygen atoms in total. The summed E-state index contributed by atoms with van der Waals surface area (Å²) in [5.41, 5.74) is 4.66. The molecule has 0 fully saturated rings. The number of benzene rings is 4. The second-order valence-electron chi connectivity index (χ2n) is 8.62. The fraction of sp³-hybridized carbons (Fsp3) is 0. The average molecular weight is 494 g/mol. The summed E-state index contributed by atoms with van der Waals surface area (Å²) in [6, 6.07) is 36.5. The summed E-state index contributed by atoms with van der Waals surface area (Å²) < 4.78 is 1.12. The van der Waals surface area contributed by atoms with Gasteiger partial charge in [-0.05, 0) is 29.7 Å². The Morgan fingerprint density at radius 2 is 1.14 bits per heavy atom. The Labute approximate surface area is 217 Å². The standard InChI is InChI=1S/C31H19N5S/c1-3-9-21(10-4-1)28-34-29(22-11-5-2-6-12-22)36-30(35-28)23-15-14-20-16-17-26-27(24(20)19-23)33-31(37-26)25-13-7-8-18-32-25/h1-19H. The fourth-order valence-electron chi connectivity index (χ4n) is 4.39. The number of aromatic nitrogens is 5. The molecule has 0 aliphatic heterocycles. The minimum Gasteiger partial charge on any atom is -0.254 e. The smallest absolute Gasteiger partial charge is 0.164 e. The van der Waals surface area contributed by atoms with Gasteiger partial charge in [-0.15, -0.1) is 11.3 Å². The highest BCUT2D eigenvalue weighted by atomic mass is 32.1. The molecule has 0 saturated carbocycles. The van der Waals surface area contributed by atoms with Gasteiger partial charge in [-0.1, -0.05) is 84.9 Å². The van der Waals surface area contributed by atoms with Crippen molar-refractivity contribution in [3.63, 3.8) is 0 Å². The molecule has 7 aromatic rings. The predicted octanol–water partition coefficient (Wildman–Crippen LogP) is 7.70. The van der Waals surface area contributed by atoms with E-state index < -0.39 is 0 Å². The molecule has 0 N–H and O–H groups in total. The van der Waals surface area contributed by atoms with Gasteiger partial charge in [0.25, 0.3) is 0 Å². The maximum atomic E-state index is 4.98. The summed E-state index contributed by atoms with van der Waals surface area (Å²) in [7, 11) is 0. The van der Waals surface area contributed by atoms with E-state index in [1.807, 2.05) is 78.9 Å². The van der Waals surface area contributed by atoms with Crippen LogP contribution in [0.1, 0.15) is 0 Å². The van der Waals surface area contributed by atoms with Crippen LogP contribution < -0.4 is 0 Å². The Balaban J connectivity index is 1.42. The van der Waals surface area contributed by atoms with Gasteiger partial charge in [0.2, 0.25) is 0 Å². The van der Waals surface area contributed by atoms with Gasteiger partial charge in [-0.25, -0.2) is 19.9 Å². The molecular weight excluding hydrogens is 474 g/mol. The van der Waals surface area contributed by atoms with Crippen LogP contribution >= 0.6 is 11.3 Å². The molecule has 174 valence electrons. The topological polar surface area (TPSA) is 64.5 Å². The van der Waals surface area contributed by atoms with Crippen molar-refractivity contribution in [2.75, 3.05) is 0 Å². The molecule has 3 aromatic heterocycles. The highest BCUT2D eigenvalue weighted by molar-refractivity contribution is 7.21. The van der Waals surface area contributed by atoms with Gasteiger partial charge in [-0.2, -0.15) is 0 Å². The number of hydrogen-bond donors (Lipinski definition) is 0. The molecule has 7 rings (SSSR count). The molecule has 6 heteroatoms. The second-order valence-corrected chi connectivity index (χ2v) is 9.65. The Bertz CT molecular complexity index is 1810. The van der Waals surface area contributed by atoms with Crippen LogP contribution in [0.15, 0.2) is 115 Å². The maximum Gasteiger partial charge on any atom is 0.164 e. The van der Waals surface area contributed by atoms with Crippen LogP contribution in [0.5, 0.6) is 0 Å². The van der Waals surface area contributed by atoms with E-state index in [0.29, 0.717) is 17.5 Å². The molecular formula is C31H19N5S. The van der Waals surface area contributed by atoms with Crippen LogP contribution in [0.25, 0.3) is 65.9 Å². The first kappa shape index (κ1) is 21.5. The zero-order chi connectivity index (χ0) is 24.6. The number of nitrogens with zero attached hydrogens (tertiary/aromatic N) is 5. The molecule has 0 atom stereocenters. The van der Waals surface area contributed by atoms with Crippen LogP contribution in [0.4, 0.5) is 0 Å². The van der Waals surface area contributed by atoms with E-state index in [2.05, 4.69) is 35.3 Å². The number of fused-ring (bicyclic) bond motifs is 3. The van der Waals surface area contributed by atoms with Gasteiger partial charge in [0.15, 0.2) is 17.5 Å². The highest BCUT2D eigenvalue weighted by Gasteiger charge is 2.15. The minimum absolute atomic E-state index is 0.631. The third kappa shape index (κ3) is 4.03. The first-order chi connectivity index (χ1) is 18.3. The van der Waals surface area contributed by atoms with E-state index >= 15 is 0 Å². The third-order valence-electron chi connectivity index (χ3n) is 6.22. The Kier molecular flexibility index (Phi) is 5.22. The highest BCUT2D eigenvalue weighted by Crippen LogP contribution is 2.35. The number of thiazole rings is 1. The fourth-order valence-corrected chi connectivity index (χ4v) is 5.34. The van der Waals surface area contributed by atoms with Crippen molar-refractivity contribution in [2.24, 2.45) is 0 Å². The molecule has 0 aliphatic rings. The van der Waals surface area contributed by atoms with Crippen LogP contribution in [-0.4, -0.2) is 24.9 Å². The van der Waals surface area contributed by atoms with Gasteiger partial charge in [0.05, 0.1) is 15.9 Å². The van der Waals surface area contributed by atoms with Crippen molar-refractivity contribution in [3.8, 4) is 44.9 Å². The third-order valence-corrected chi connectivity index (χ3v) is 7.26. The van der Waals surface area contributed by atoms with E-state index in [-0.39, 0.29) is 0 Å². The van der Waals surface area contributed by atoms with Gasteiger partial charge in [0, 0.05) is 28.3 Å². The zero-order valence-electron chi connectivity index (χ0n) is 19.6.